The molecule has 0 aromatic heterocycles. The molecule has 0 amide bonds. The van der Waals surface area contributed by atoms with Crippen LogP contribution in [0, 0.1) is 0 Å². The van der Waals surface area contributed by atoms with E-state index in [1.165, 1.54) is 11.1 Å². The molecule has 18 heavy (non-hydrogen) atoms. The van der Waals surface area contributed by atoms with Gasteiger partial charge in [0.15, 0.2) is 0 Å². The molecule has 0 aliphatic heterocycles. The molecule has 0 fully saturated rings. The van der Waals surface area contributed by atoms with E-state index in [0.717, 1.165) is 13.1 Å². The van der Waals surface area contributed by atoms with Crippen LogP contribution in [0.25, 0.3) is 0 Å². The number of aliphatic carboxylic acids is 1. The van der Waals surface area contributed by atoms with Crippen LogP contribution in [0.15, 0.2) is 24.3 Å². The zero-order valence-corrected chi connectivity index (χ0v) is 10.8. The Bertz CT molecular complexity index is 366. The zero-order valence-electron chi connectivity index (χ0n) is 10.8. The summed E-state index contributed by atoms with van der Waals surface area (Å²) >= 11 is 0. The summed E-state index contributed by atoms with van der Waals surface area (Å²) in [6.07, 6.45) is 0.872. The van der Waals surface area contributed by atoms with Gasteiger partial charge in [-0.1, -0.05) is 24.3 Å². The van der Waals surface area contributed by atoms with Gasteiger partial charge in [0.1, 0.15) is 0 Å². The number of carboxylic acid groups (broad SMARTS) is 1. The topological polar surface area (TPSA) is 58.6 Å². The van der Waals surface area contributed by atoms with Gasteiger partial charge in [-0.25, -0.2) is 0 Å². The fourth-order valence-corrected chi connectivity index (χ4v) is 1.67. The maximum atomic E-state index is 10.4. The second-order valence-electron chi connectivity index (χ2n) is 4.08. The average Bonchev–Trinajstić information content (AvgIpc) is 2.36. The highest BCUT2D eigenvalue weighted by Gasteiger charge is 2.01. The predicted molar refractivity (Wildman–Crippen MR) is 70.3 cm³/mol. The first-order valence-electron chi connectivity index (χ1n) is 6.31. The molecule has 0 saturated carbocycles. The van der Waals surface area contributed by atoms with Crippen LogP contribution in [-0.4, -0.2) is 24.2 Å². The third kappa shape index (κ3) is 5.80. The molecule has 1 rings (SSSR count). The molecule has 0 bridgehead atoms. The van der Waals surface area contributed by atoms with Crippen molar-refractivity contribution in [1.29, 1.82) is 0 Å². The molecule has 4 nitrogen and oxygen atoms in total. The molecule has 0 atom stereocenters. The van der Waals surface area contributed by atoms with E-state index < -0.39 is 5.97 Å². The van der Waals surface area contributed by atoms with Gasteiger partial charge in [-0.2, -0.15) is 0 Å². The minimum absolute atomic E-state index is 0.216. The molecule has 1 aromatic rings. The Morgan fingerprint density at radius 1 is 1.33 bits per heavy atom. The molecule has 0 heterocycles. The van der Waals surface area contributed by atoms with Gasteiger partial charge in [0, 0.05) is 19.6 Å². The standard InChI is InChI=1S/C14H21NO3/c1-2-18-11-13-7-4-3-6-12(13)10-15-9-5-8-14(16)17/h3-4,6-7,15H,2,5,8-11H2,1H3,(H,16,17). The normalized spacial score (nSPS) is 10.5. The Hall–Kier alpha value is -1.39. The van der Waals surface area contributed by atoms with E-state index in [4.69, 9.17) is 9.84 Å². The largest absolute Gasteiger partial charge is 0.481 e. The summed E-state index contributed by atoms with van der Waals surface area (Å²) in [5.74, 6) is -0.742. The summed E-state index contributed by atoms with van der Waals surface area (Å²) in [6, 6.07) is 8.13. The number of nitrogens with one attached hydrogen (secondary N) is 1. The highest BCUT2D eigenvalue weighted by Crippen LogP contribution is 2.09. The highest BCUT2D eigenvalue weighted by molar-refractivity contribution is 5.66. The first-order valence-corrected chi connectivity index (χ1v) is 6.31. The van der Waals surface area contributed by atoms with Gasteiger partial charge in [-0.15, -0.1) is 0 Å². The summed E-state index contributed by atoms with van der Waals surface area (Å²) in [7, 11) is 0. The SMILES string of the molecule is CCOCc1ccccc1CNCCCC(=O)O. The Kier molecular flexibility index (Phi) is 7.06. The molecule has 0 saturated heterocycles. The van der Waals surface area contributed by atoms with Gasteiger partial charge in [0.2, 0.25) is 0 Å². The van der Waals surface area contributed by atoms with Crippen LogP contribution < -0.4 is 5.32 Å². The molecule has 0 unspecified atom stereocenters. The lowest BCUT2D eigenvalue weighted by molar-refractivity contribution is -0.137. The van der Waals surface area contributed by atoms with Crippen molar-refractivity contribution in [2.24, 2.45) is 0 Å². The average molecular weight is 251 g/mol. The molecule has 0 spiro atoms. The minimum atomic E-state index is -0.742. The molecule has 4 heteroatoms. The van der Waals surface area contributed by atoms with E-state index in [2.05, 4.69) is 17.4 Å². The summed E-state index contributed by atoms with van der Waals surface area (Å²) < 4.78 is 5.41. The second-order valence-corrected chi connectivity index (χ2v) is 4.08. The first-order chi connectivity index (χ1) is 8.74. The summed E-state index contributed by atoms with van der Waals surface area (Å²) in [4.78, 5) is 10.4. The van der Waals surface area contributed by atoms with Crippen LogP contribution in [0.5, 0.6) is 0 Å². The van der Waals surface area contributed by atoms with Gasteiger partial charge in [0.25, 0.3) is 0 Å². The quantitative estimate of drug-likeness (QED) is 0.660. The number of carbonyl (C=O) groups is 1. The maximum Gasteiger partial charge on any atom is 0.303 e. The van der Waals surface area contributed by atoms with Gasteiger partial charge in [-0.3, -0.25) is 4.79 Å². The fourth-order valence-electron chi connectivity index (χ4n) is 1.67. The third-order valence-corrected chi connectivity index (χ3v) is 2.64. The lowest BCUT2D eigenvalue weighted by atomic mass is 10.1. The van der Waals surface area contributed by atoms with Gasteiger partial charge in [0.05, 0.1) is 6.61 Å². The van der Waals surface area contributed by atoms with Crippen LogP contribution >= 0.6 is 0 Å². The second kappa shape index (κ2) is 8.66. The Morgan fingerprint density at radius 3 is 2.72 bits per heavy atom. The summed E-state index contributed by atoms with van der Waals surface area (Å²) in [5, 5.41) is 11.8. The Balaban J connectivity index is 2.34. The van der Waals surface area contributed by atoms with Crippen molar-refractivity contribution in [2.45, 2.75) is 32.9 Å². The Morgan fingerprint density at radius 2 is 2.06 bits per heavy atom. The fraction of sp³-hybridized carbons (Fsp3) is 0.500. The molecule has 0 aliphatic carbocycles. The minimum Gasteiger partial charge on any atom is -0.481 e. The van der Waals surface area contributed by atoms with Gasteiger partial charge >= 0.3 is 5.97 Å². The highest BCUT2D eigenvalue weighted by atomic mass is 16.5. The van der Waals surface area contributed by atoms with Crippen molar-refractivity contribution in [3.05, 3.63) is 35.4 Å². The maximum absolute atomic E-state index is 10.4. The van der Waals surface area contributed by atoms with Crippen LogP contribution in [0.2, 0.25) is 0 Å². The van der Waals surface area contributed by atoms with Crippen molar-refractivity contribution in [3.63, 3.8) is 0 Å². The molecule has 100 valence electrons. The first kappa shape index (κ1) is 14.7. The number of rotatable bonds is 9. The van der Waals surface area contributed by atoms with Gasteiger partial charge < -0.3 is 15.2 Å². The van der Waals surface area contributed by atoms with Crippen molar-refractivity contribution < 1.29 is 14.6 Å². The van der Waals surface area contributed by atoms with Gasteiger partial charge in [-0.05, 0) is 31.0 Å². The van der Waals surface area contributed by atoms with Crippen molar-refractivity contribution in [1.82, 2.24) is 5.32 Å². The lowest BCUT2D eigenvalue weighted by Crippen LogP contribution is -2.17. The van der Waals surface area contributed by atoms with Crippen LogP contribution in [0.1, 0.15) is 30.9 Å². The van der Waals surface area contributed by atoms with Crippen LogP contribution in [0.4, 0.5) is 0 Å². The monoisotopic (exact) mass is 251 g/mol. The van der Waals surface area contributed by atoms with Crippen molar-refractivity contribution in [3.8, 4) is 0 Å². The number of ether oxygens (including phenoxy) is 1. The molecular weight excluding hydrogens is 230 g/mol. The Labute approximate surface area is 108 Å². The van der Waals surface area contributed by atoms with E-state index in [-0.39, 0.29) is 6.42 Å². The van der Waals surface area contributed by atoms with E-state index in [1.54, 1.807) is 0 Å². The van der Waals surface area contributed by atoms with Crippen molar-refractivity contribution >= 4 is 5.97 Å². The van der Waals surface area contributed by atoms with Crippen molar-refractivity contribution in [2.75, 3.05) is 13.2 Å². The van der Waals surface area contributed by atoms with E-state index in [1.807, 2.05) is 19.1 Å². The number of hydrogen-bond acceptors (Lipinski definition) is 3. The third-order valence-electron chi connectivity index (χ3n) is 2.64. The summed E-state index contributed by atoms with van der Waals surface area (Å²) in [5.41, 5.74) is 2.39. The lowest BCUT2D eigenvalue weighted by Gasteiger charge is -2.10. The van der Waals surface area contributed by atoms with Crippen LogP contribution in [0.3, 0.4) is 0 Å². The zero-order chi connectivity index (χ0) is 13.2. The molecular formula is C14H21NO3. The van der Waals surface area contributed by atoms with Crippen LogP contribution in [-0.2, 0) is 22.7 Å². The number of hydrogen-bond donors (Lipinski definition) is 2. The molecule has 0 aliphatic rings. The molecule has 2 N–H and O–H groups in total. The van der Waals surface area contributed by atoms with E-state index in [9.17, 15) is 4.79 Å². The molecule has 0 radical (unpaired) electrons. The predicted octanol–water partition coefficient (Wildman–Crippen LogP) is 2.18. The number of benzene rings is 1. The van der Waals surface area contributed by atoms with E-state index in [0.29, 0.717) is 19.6 Å². The molecule has 1 aromatic carbocycles. The number of carboxylic acids is 1. The smallest absolute Gasteiger partial charge is 0.303 e. The summed E-state index contributed by atoms with van der Waals surface area (Å²) in [6.45, 7) is 4.79. The van der Waals surface area contributed by atoms with E-state index >= 15 is 0 Å².